The van der Waals surface area contributed by atoms with E-state index in [4.69, 9.17) is 9.47 Å². The monoisotopic (exact) mass is 265 g/mol. The van der Waals surface area contributed by atoms with E-state index in [0.717, 1.165) is 44.1 Å². The standard InChI is InChI=1S/C16H27NO2/c1-4-12-18-15-7-9-16(10-8-15)19-13-6-11-17-14(3)5-2/h7-10,14,17H,4-6,11-13H2,1-3H3/t14-/m0/s1. The highest BCUT2D eigenvalue weighted by molar-refractivity contribution is 5.31. The Morgan fingerprint density at radius 3 is 2.11 bits per heavy atom. The molecule has 3 heteroatoms. The topological polar surface area (TPSA) is 30.5 Å². The first-order chi connectivity index (χ1) is 9.26. The van der Waals surface area contributed by atoms with Crippen LogP contribution in [0.5, 0.6) is 11.5 Å². The summed E-state index contributed by atoms with van der Waals surface area (Å²) in [5.74, 6) is 1.82. The summed E-state index contributed by atoms with van der Waals surface area (Å²) in [5.41, 5.74) is 0. The Morgan fingerprint density at radius 2 is 1.58 bits per heavy atom. The van der Waals surface area contributed by atoms with Gasteiger partial charge in [-0.05, 0) is 57.0 Å². The van der Waals surface area contributed by atoms with E-state index in [9.17, 15) is 0 Å². The second kappa shape index (κ2) is 9.68. The van der Waals surface area contributed by atoms with Crippen LogP contribution in [0.1, 0.15) is 40.0 Å². The van der Waals surface area contributed by atoms with Gasteiger partial charge in [0, 0.05) is 6.04 Å². The first-order valence-electron chi connectivity index (χ1n) is 7.35. The maximum absolute atomic E-state index is 5.69. The van der Waals surface area contributed by atoms with Crippen LogP contribution in [-0.2, 0) is 0 Å². The van der Waals surface area contributed by atoms with E-state index in [0.29, 0.717) is 6.04 Å². The van der Waals surface area contributed by atoms with Gasteiger partial charge in [0.05, 0.1) is 13.2 Å². The molecule has 0 aliphatic heterocycles. The summed E-state index contributed by atoms with van der Waals surface area (Å²) in [6.45, 7) is 9.02. The molecule has 108 valence electrons. The average Bonchev–Trinajstić information content (AvgIpc) is 2.45. The van der Waals surface area contributed by atoms with Crippen LogP contribution in [0.15, 0.2) is 24.3 Å². The van der Waals surface area contributed by atoms with Crippen molar-refractivity contribution in [1.82, 2.24) is 5.32 Å². The minimum absolute atomic E-state index is 0.593. The molecule has 0 saturated carbocycles. The molecule has 0 amide bonds. The molecule has 0 fully saturated rings. The van der Waals surface area contributed by atoms with E-state index in [2.05, 4.69) is 26.1 Å². The second-order valence-corrected chi connectivity index (χ2v) is 4.79. The van der Waals surface area contributed by atoms with Gasteiger partial charge in [0.1, 0.15) is 11.5 Å². The predicted octanol–water partition coefficient (Wildman–Crippen LogP) is 3.63. The van der Waals surface area contributed by atoms with Crippen molar-refractivity contribution in [2.24, 2.45) is 0 Å². The Hall–Kier alpha value is -1.22. The molecular formula is C16H27NO2. The molecule has 1 N–H and O–H groups in total. The summed E-state index contributed by atoms with van der Waals surface area (Å²) in [4.78, 5) is 0. The van der Waals surface area contributed by atoms with Crippen molar-refractivity contribution in [3.05, 3.63) is 24.3 Å². The van der Waals surface area contributed by atoms with Gasteiger partial charge in [-0.15, -0.1) is 0 Å². The molecule has 0 heterocycles. The number of rotatable bonds is 10. The van der Waals surface area contributed by atoms with Gasteiger partial charge in [-0.1, -0.05) is 13.8 Å². The van der Waals surface area contributed by atoms with Crippen molar-refractivity contribution in [3.8, 4) is 11.5 Å². The average molecular weight is 265 g/mol. The van der Waals surface area contributed by atoms with Crippen molar-refractivity contribution in [2.45, 2.75) is 46.1 Å². The largest absolute Gasteiger partial charge is 0.494 e. The van der Waals surface area contributed by atoms with Gasteiger partial charge in [0.15, 0.2) is 0 Å². The molecular weight excluding hydrogens is 238 g/mol. The van der Waals surface area contributed by atoms with Crippen LogP contribution in [0.2, 0.25) is 0 Å². The van der Waals surface area contributed by atoms with Crippen LogP contribution in [0.4, 0.5) is 0 Å². The van der Waals surface area contributed by atoms with E-state index in [-0.39, 0.29) is 0 Å². The molecule has 0 aromatic heterocycles. The minimum atomic E-state index is 0.593. The zero-order valence-electron chi connectivity index (χ0n) is 12.4. The molecule has 1 rings (SSSR count). The zero-order valence-corrected chi connectivity index (χ0v) is 12.4. The van der Waals surface area contributed by atoms with Crippen LogP contribution >= 0.6 is 0 Å². The van der Waals surface area contributed by atoms with Gasteiger partial charge in [-0.3, -0.25) is 0 Å². The summed E-state index contributed by atoms with van der Waals surface area (Å²) in [7, 11) is 0. The molecule has 0 radical (unpaired) electrons. The third kappa shape index (κ3) is 7.06. The SMILES string of the molecule is CCCOc1ccc(OCCCN[C@@H](C)CC)cc1. The second-order valence-electron chi connectivity index (χ2n) is 4.79. The van der Waals surface area contributed by atoms with Crippen LogP contribution in [-0.4, -0.2) is 25.8 Å². The van der Waals surface area contributed by atoms with Gasteiger partial charge in [0.25, 0.3) is 0 Å². The van der Waals surface area contributed by atoms with Gasteiger partial charge in [-0.2, -0.15) is 0 Å². The summed E-state index contributed by atoms with van der Waals surface area (Å²) in [6, 6.07) is 8.44. The fourth-order valence-corrected chi connectivity index (χ4v) is 1.61. The lowest BCUT2D eigenvalue weighted by Crippen LogP contribution is -2.27. The predicted molar refractivity (Wildman–Crippen MR) is 80.1 cm³/mol. The highest BCUT2D eigenvalue weighted by Gasteiger charge is 1.98. The van der Waals surface area contributed by atoms with Crippen LogP contribution in [0, 0.1) is 0 Å². The maximum atomic E-state index is 5.69. The summed E-state index contributed by atoms with van der Waals surface area (Å²) < 4.78 is 11.2. The van der Waals surface area contributed by atoms with Crippen molar-refractivity contribution in [3.63, 3.8) is 0 Å². The number of hydrogen-bond acceptors (Lipinski definition) is 3. The molecule has 0 unspecified atom stereocenters. The number of hydrogen-bond donors (Lipinski definition) is 1. The Labute approximate surface area is 117 Å². The molecule has 0 saturated heterocycles. The lowest BCUT2D eigenvalue weighted by Gasteiger charge is -2.11. The normalized spacial score (nSPS) is 12.2. The molecule has 3 nitrogen and oxygen atoms in total. The van der Waals surface area contributed by atoms with E-state index in [1.807, 2.05) is 24.3 Å². The van der Waals surface area contributed by atoms with Crippen molar-refractivity contribution < 1.29 is 9.47 Å². The number of ether oxygens (including phenoxy) is 2. The lowest BCUT2D eigenvalue weighted by atomic mass is 10.2. The number of benzene rings is 1. The first-order valence-corrected chi connectivity index (χ1v) is 7.35. The van der Waals surface area contributed by atoms with Crippen LogP contribution in [0.25, 0.3) is 0 Å². The summed E-state index contributed by atoms with van der Waals surface area (Å²) in [5, 5.41) is 3.45. The van der Waals surface area contributed by atoms with E-state index in [1.54, 1.807) is 0 Å². The molecule has 1 atom stereocenters. The smallest absolute Gasteiger partial charge is 0.119 e. The maximum Gasteiger partial charge on any atom is 0.119 e. The highest BCUT2D eigenvalue weighted by Crippen LogP contribution is 2.17. The third-order valence-corrected chi connectivity index (χ3v) is 2.99. The molecule has 0 aliphatic carbocycles. The van der Waals surface area contributed by atoms with E-state index >= 15 is 0 Å². The highest BCUT2D eigenvalue weighted by atomic mass is 16.5. The lowest BCUT2D eigenvalue weighted by molar-refractivity contribution is 0.301. The Kier molecular flexibility index (Phi) is 8.07. The molecule has 1 aromatic rings. The van der Waals surface area contributed by atoms with Gasteiger partial charge < -0.3 is 14.8 Å². The zero-order chi connectivity index (χ0) is 13.9. The Balaban J connectivity index is 2.15. The molecule has 0 bridgehead atoms. The Bertz CT molecular complexity index is 324. The van der Waals surface area contributed by atoms with Crippen molar-refractivity contribution in [1.29, 1.82) is 0 Å². The Morgan fingerprint density at radius 1 is 1.00 bits per heavy atom. The summed E-state index contributed by atoms with van der Waals surface area (Å²) >= 11 is 0. The van der Waals surface area contributed by atoms with Gasteiger partial charge >= 0.3 is 0 Å². The molecule has 19 heavy (non-hydrogen) atoms. The minimum Gasteiger partial charge on any atom is -0.494 e. The third-order valence-electron chi connectivity index (χ3n) is 2.99. The van der Waals surface area contributed by atoms with Crippen LogP contribution < -0.4 is 14.8 Å². The van der Waals surface area contributed by atoms with Crippen molar-refractivity contribution in [2.75, 3.05) is 19.8 Å². The molecule has 0 spiro atoms. The van der Waals surface area contributed by atoms with Crippen LogP contribution in [0.3, 0.4) is 0 Å². The molecule has 1 aromatic carbocycles. The van der Waals surface area contributed by atoms with Gasteiger partial charge in [0.2, 0.25) is 0 Å². The fourth-order valence-electron chi connectivity index (χ4n) is 1.61. The van der Waals surface area contributed by atoms with Gasteiger partial charge in [-0.25, -0.2) is 0 Å². The first kappa shape index (κ1) is 15.8. The number of nitrogens with one attached hydrogen (secondary N) is 1. The fraction of sp³-hybridized carbons (Fsp3) is 0.625. The molecule has 0 aliphatic rings. The van der Waals surface area contributed by atoms with E-state index < -0.39 is 0 Å². The van der Waals surface area contributed by atoms with Crippen molar-refractivity contribution >= 4 is 0 Å². The van der Waals surface area contributed by atoms with E-state index in [1.165, 1.54) is 6.42 Å². The summed E-state index contributed by atoms with van der Waals surface area (Å²) in [6.07, 6.45) is 3.22. The quantitative estimate of drug-likeness (QED) is 0.655.